The summed E-state index contributed by atoms with van der Waals surface area (Å²) in [4.78, 5) is 2.24. The zero-order valence-corrected chi connectivity index (χ0v) is 11.4. The van der Waals surface area contributed by atoms with Crippen LogP contribution >= 0.6 is 28.6 Å². The van der Waals surface area contributed by atoms with Crippen LogP contribution in [0, 0.1) is 0 Å². The Morgan fingerprint density at radius 1 is 1.53 bits per heavy atom. The van der Waals surface area contributed by atoms with E-state index in [0.29, 0.717) is 0 Å². The predicted molar refractivity (Wildman–Crippen MR) is 73.5 cm³/mol. The van der Waals surface area contributed by atoms with Gasteiger partial charge in [0.25, 0.3) is 0 Å². The molecule has 1 aromatic carbocycles. The second kappa shape index (κ2) is 6.36. The fourth-order valence-corrected chi connectivity index (χ4v) is 1.98. The molecular formula is C12H16BrNS. The van der Waals surface area contributed by atoms with Crippen LogP contribution in [0.2, 0.25) is 0 Å². The highest BCUT2D eigenvalue weighted by Crippen LogP contribution is 2.13. The smallest absolute Gasteiger partial charge is 0.0234 e. The third-order valence-electron chi connectivity index (χ3n) is 2.06. The van der Waals surface area contributed by atoms with Gasteiger partial charge in [-0.15, -0.1) is 0 Å². The lowest BCUT2D eigenvalue weighted by Gasteiger charge is -2.17. The van der Waals surface area contributed by atoms with Gasteiger partial charge in [0.2, 0.25) is 0 Å². The van der Waals surface area contributed by atoms with Crippen LogP contribution in [0.1, 0.15) is 5.56 Å². The maximum atomic E-state index is 4.20. The molecule has 0 saturated heterocycles. The Hall–Kier alpha value is -0.250. The van der Waals surface area contributed by atoms with Gasteiger partial charge in [0.05, 0.1) is 0 Å². The van der Waals surface area contributed by atoms with Crippen molar-refractivity contribution < 1.29 is 0 Å². The molecule has 0 aromatic heterocycles. The number of halogens is 1. The van der Waals surface area contributed by atoms with Crippen molar-refractivity contribution in [2.24, 2.45) is 0 Å². The Labute approximate surface area is 106 Å². The van der Waals surface area contributed by atoms with Crippen LogP contribution < -0.4 is 0 Å². The van der Waals surface area contributed by atoms with Gasteiger partial charge in [0.15, 0.2) is 0 Å². The Kier molecular flexibility index (Phi) is 5.43. The average molecular weight is 286 g/mol. The first-order chi connectivity index (χ1) is 7.11. The number of rotatable bonds is 5. The molecule has 0 fully saturated rings. The van der Waals surface area contributed by atoms with Crippen molar-refractivity contribution in [3.8, 4) is 0 Å². The first kappa shape index (κ1) is 12.8. The zero-order chi connectivity index (χ0) is 11.3. The molecule has 1 rings (SSSR count). The summed E-state index contributed by atoms with van der Waals surface area (Å²) in [5.41, 5.74) is 2.45. The van der Waals surface area contributed by atoms with Crippen molar-refractivity contribution in [1.82, 2.24) is 4.90 Å². The van der Waals surface area contributed by atoms with Gasteiger partial charge in [-0.2, -0.15) is 12.6 Å². The van der Waals surface area contributed by atoms with E-state index in [1.54, 1.807) is 0 Å². The van der Waals surface area contributed by atoms with E-state index in [1.807, 2.05) is 6.07 Å². The maximum absolute atomic E-state index is 4.20. The van der Waals surface area contributed by atoms with E-state index in [4.69, 9.17) is 0 Å². The number of benzene rings is 1. The molecule has 0 heterocycles. The lowest BCUT2D eigenvalue weighted by atomic mass is 10.2. The molecule has 0 aliphatic carbocycles. The molecule has 3 heteroatoms. The summed E-state index contributed by atoms with van der Waals surface area (Å²) in [7, 11) is 2.09. The minimum atomic E-state index is 0.753. The summed E-state index contributed by atoms with van der Waals surface area (Å²) in [6.45, 7) is 5.78. The summed E-state index contributed by atoms with van der Waals surface area (Å²) in [5.74, 6) is 0.753. The third-order valence-corrected chi connectivity index (χ3v) is 3.00. The van der Waals surface area contributed by atoms with Crippen LogP contribution in [-0.4, -0.2) is 24.2 Å². The molecule has 15 heavy (non-hydrogen) atoms. The monoisotopic (exact) mass is 285 g/mol. The Morgan fingerprint density at radius 2 is 2.27 bits per heavy atom. The highest BCUT2D eigenvalue weighted by Gasteiger charge is 2.01. The molecule has 0 N–H and O–H groups in total. The van der Waals surface area contributed by atoms with Crippen molar-refractivity contribution in [3.63, 3.8) is 0 Å². The van der Waals surface area contributed by atoms with E-state index in [1.165, 1.54) is 5.56 Å². The van der Waals surface area contributed by atoms with E-state index in [2.05, 4.69) is 65.3 Å². The highest BCUT2D eigenvalue weighted by atomic mass is 79.9. The Balaban J connectivity index is 2.51. The molecule has 1 aromatic rings. The van der Waals surface area contributed by atoms with Gasteiger partial charge >= 0.3 is 0 Å². The normalized spacial score (nSPS) is 10.7. The molecule has 0 bridgehead atoms. The van der Waals surface area contributed by atoms with Crippen molar-refractivity contribution in [2.45, 2.75) is 6.54 Å². The summed E-state index contributed by atoms with van der Waals surface area (Å²) < 4.78 is 1.13. The van der Waals surface area contributed by atoms with Gasteiger partial charge in [0, 0.05) is 23.3 Å². The summed E-state index contributed by atoms with van der Waals surface area (Å²) in [5, 5.41) is 0. The molecule has 0 saturated carbocycles. The second-order valence-electron chi connectivity index (χ2n) is 3.71. The molecule has 0 aliphatic heterocycles. The van der Waals surface area contributed by atoms with E-state index in [0.717, 1.165) is 28.9 Å². The first-order valence-corrected chi connectivity index (χ1v) is 6.25. The number of thiol groups is 1. The molecule has 0 radical (unpaired) electrons. The third kappa shape index (κ3) is 4.87. The summed E-state index contributed by atoms with van der Waals surface area (Å²) in [6, 6.07) is 8.36. The lowest BCUT2D eigenvalue weighted by molar-refractivity contribution is 0.356. The standard InChI is InChI=1S/C12H16BrNS/c1-10(9-15)7-14(2)8-11-4-3-5-12(13)6-11/h3-6,15H,1,7-9H2,2H3. The van der Waals surface area contributed by atoms with E-state index >= 15 is 0 Å². The molecule has 1 nitrogen and oxygen atoms in total. The van der Waals surface area contributed by atoms with Crippen LogP contribution in [0.3, 0.4) is 0 Å². The minimum absolute atomic E-state index is 0.753. The van der Waals surface area contributed by atoms with Crippen molar-refractivity contribution >= 4 is 28.6 Å². The minimum Gasteiger partial charge on any atom is -0.298 e. The fourth-order valence-electron chi connectivity index (χ4n) is 1.43. The topological polar surface area (TPSA) is 3.24 Å². The van der Waals surface area contributed by atoms with Crippen molar-refractivity contribution in [2.75, 3.05) is 19.3 Å². The Morgan fingerprint density at radius 3 is 2.87 bits per heavy atom. The molecule has 0 aliphatic rings. The van der Waals surface area contributed by atoms with E-state index < -0.39 is 0 Å². The van der Waals surface area contributed by atoms with E-state index in [-0.39, 0.29) is 0 Å². The van der Waals surface area contributed by atoms with Gasteiger partial charge in [-0.25, -0.2) is 0 Å². The number of likely N-dealkylation sites (N-methyl/N-ethyl adjacent to an activating group) is 1. The summed E-state index contributed by atoms with van der Waals surface area (Å²) in [6.07, 6.45) is 0. The van der Waals surface area contributed by atoms with Crippen LogP contribution in [0.4, 0.5) is 0 Å². The van der Waals surface area contributed by atoms with Crippen LogP contribution in [-0.2, 0) is 6.54 Å². The zero-order valence-electron chi connectivity index (χ0n) is 8.91. The molecular weight excluding hydrogens is 270 g/mol. The van der Waals surface area contributed by atoms with Crippen molar-refractivity contribution in [3.05, 3.63) is 46.5 Å². The quantitative estimate of drug-likeness (QED) is 0.641. The van der Waals surface area contributed by atoms with Gasteiger partial charge in [-0.1, -0.05) is 40.2 Å². The predicted octanol–water partition coefficient (Wildman–Crippen LogP) is 3.37. The lowest BCUT2D eigenvalue weighted by Crippen LogP contribution is -2.20. The second-order valence-corrected chi connectivity index (χ2v) is 4.94. The van der Waals surface area contributed by atoms with Gasteiger partial charge in [0.1, 0.15) is 0 Å². The molecule has 82 valence electrons. The van der Waals surface area contributed by atoms with Crippen LogP contribution in [0.5, 0.6) is 0 Å². The van der Waals surface area contributed by atoms with Crippen LogP contribution in [0.15, 0.2) is 40.9 Å². The number of hydrogen-bond acceptors (Lipinski definition) is 2. The fraction of sp³-hybridized carbons (Fsp3) is 0.333. The van der Waals surface area contributed by atoms with Crippen LogP contribution in [0.25, 0.3) is 0 Å². The van der Waals surface area contributed by atoms with Gasteiger partial charge < -0.3 is 0 Å². The van der Waals surface area contributed by atoms with Crippen molar-refractivity contribution in [1.29, 1.82) is 0 Å². The van der Waals surface area contributed by atoms with Gasteiger partial charge in [-0.05, 0) is 24.7 Å². The molecule has 0 atom stereocenters. The first-order valence-electron chi connectivity index (χ1n) is 4.82. The number of nitrogens with zero attached hydrogens (tertiary/aromatic N) is 1. The average Bonchev–Trinajstić information content (AvgIpc) is 2.17. The SMILES string of the molecule is C=C(CS)CN(C)Cc1cccc(Br)c1. The molecule has 0 spiro atoms. The summed E-state index contributed by atoms with van der Waals surface area (Å²) >= 11 is 7.67. The largest absolute Gasteiger partial charge is 0.298 e. The molecule has 0 unspecified atom stereocenters. The molecule has 0 amide bonds. The number of hydrogen-bond donors (Lipinski definition) is 1. The van der Waals surface area contributed by atoms with Gasteiger partial charge in [-0.3, -0.25) is 4.90 Å². The Bertz CT molecular complexity index is 338. The van der Waals surface area contributed by atoms with E-state index in [9.17, 15) is 0 Å². The maximum Gasteiger partial charge on any atom is 0.0234 e. The highest BCUT2D eigenvalue weighted by molar-refractivity contribution is 9.10.